The maximum atomic E-state index is 11.0. The summed E-state index contributed by atoms with van der Waals surface area (Å²) in [6.45, 7) is 1.68. The molecular formula is C18H23ClN2O2. The Morgan fingerprint density at radius 3 is 2.48 bits per heavy atom. The van der Waals surface area contributed by atoms with Gasteiger partial charge < -0.3 is 10.3 Å². The first kappa shape index (κ1) is 15.4. The Bertz CT molecular complexity index is 608. The van der Waals surface area contributed by atoms with Gasteiger partial charge in [-0.3, -0.25) is 4.90 Å². The fourth-order valence-electron chi connectivity index (χ4n) is 4.90. The summed E-state index contributed by atoms with van der Waals surface area (Å²) in [6, 6.07) is 7.82. The third-order valence-electron chi connectivity index (χ3n) is 6.16. The number of oxime groups is 1. The first-order valence-corrected chi connectivity index (χ1v) is 8.93. The van der Waals surface area contributed by atoms with Crippen molar-refractivity contribution in [1.82, 2.24) is 4.90 Å². The number of benzene rings is 1. The van der Waals surface area contributed by atoms with E-state index in [4.69, 9.17) is 11.6 Å². The van der Waals surface area contributed by atoms with Crippen LogP contribution >= 0.6 is 11.6 Å². The molecule has 4 rings (SSSR count). The SMILES string of the molecule is O/N=C1\[C@H]2CC[C@H](C2)[C@@H]1N1CCC(O)(c2ccc(Cl)cc2)CC1. The quantitative estimate of drug-likeness (QED) is 0.645. The molecule has 0 unspecified atom stereocenters. The molecule has 0 aromatic heterocycles. The van der Waals surface area contributed by atoms with Gasteiger partial charge in [-0.1, -0.05) is 28.9 Å². The van der Waals surface area contributed by atoms with Crippen molar-refractivity contribution < 1.29 is 10.3 Å². The van der Waals surface area contributed by atoms with Gasteiger partial charge in [0.1, 0.15) is 0 Å². The molecule has 4 nitrogen and oxygen atoms in total. The van der Waals surface area contributed by atoms with Gasteiger partial charge in [-0.15, -0.1) is 0 Å². The number of piperidine rings is 1. The van der Waals surface area contributed by atoms with Crippen molar-refractivity contribution in [2.75, 3.05) is 13.1 Å². The van der Waals surface area contributed by atoms with Crippen molar-refractivity contribution in [3.05, 3.63) is 34.9 Å². The molecule has 2 N–H and O–H groups in total. The highest BCUT2D eigenvalue weighted by Crippen LogP contribution is 2.46. The maximum Gasteiger partial charge on any atom is 0.0920 e. The molecule has 2 saturated carbocycles. The lowest BCUT2D eigenvalue weighted by molar-refractivity contribution is -0.0338. The third-order valence-corrected chi connectivity index (χ3v) is 6.41. The first-order chi connectivity index (χ1) is 11.1. The van der Waals surface area contributed by atoms with Crippen LogP contribution in [-0.2, 0) is 5.60 Å². The lowest BCUT2D eigenvalue weighted by Gasteiger charge is -2.43. The van der Waals surface area contributed by atoms with Crippen molar-refractivity contribution in [3.8, 4) is 0 Å². The number of aliphatic hydroxyl groups is 1. The minimum Gasteiger partial charge on any atom is -0.411 e. The van der Waals surface area contributed by atoms with E-state index in [1.165, 1.54) is 19.3 Å². The molecule has 1 aromatic rings. The average Bonchev–Trinajstić information content (AvgIpc) is 3.17. The largest absolute Gasteiger partial charge is 0.411 e. The van der Waals surface area contributed by atoms with Gasteiger partial charge in [0.2, 0.25) is 0 Å². The molecular weight excluding hydrogens is 312 g/mol. The van der Waals surface area contributed by atoms with Gasteiger partial charge in [-0.05, 0) is 55.7 Å². The van der Waals surface area contributed by atoms with Crippen LogP contribution in [0.25, 0.3) is 0 Å². The van der Waals surface area contributed by atoms with Crippen LogP contribution in [0, 0.1) is 11.8 Å². The predicted octanol–water partition coefficient (Wildman–Crippen LogP) is 3.25. The van der Waals surface area contributed by atoms with E-state index in [-0.39, 0.29) is 6.04 Å². The molecule has 1 aliphatic heterocycles. The van der Waals surface area contributed by atoms with E-state index in [0.717, 1.165) is 24.4 Å². The zero-order chi connectivity index (χ0) is 16.0. The van der Waals surface area contributed by atoms with Gasteiger partial charge in [-0.25, -0.2) is 0 Å². The molecule has 23 heavy (non-hydrogen) atoms. The van der Waals surface area contributed by atoms with Gasteiger partial charge in [-0.2, -0.15) is 0 Å². The first-order valence-electron chi connectivity index (χ1n) is 8.55. The van der Waals surface area contributed by atoms with E-state index in [2.05, 4.69) is 10.1 Å². The maximum absolute atomic E-state index is 11.0. The van der Waals surface area contributed by atoms with Crippen molar-refractivity contribution >= 4 is 17.3 Å². The van der Waals surface area contributed by atoms with E-state index in [9.17, 15) is 10.3 Å². The Labute approximate surface area is 141 Å². The third kappa shape index (κ3) is 2.57. The van der Waals surface area contributed by atoms with Crippen LogP contribution in [0.1, 0.15) is 37.7 Å². The standard InChI is InChI=1S/C18H23ClN2O2/c19-15-5-3-14(4-6-15)18(22)7-9-21(10-8-18)17-13-2-1-12(11-13)16(17)20-23/h3-6,12-13,17,22-23H,1-2,7-11H2/b20-16+/t12-,13+,17-/m0/s1. The molecule has 3 fully saturated rings. The average molecular weight is 335 g/mol. The van der Waals surface area contributed by atoms with Gasteiger partial charge >= 0.3 is 0 Å². The fourth-order valence-corrected chi connectivity index (χ4v) is 5.03. The summed E-state index contributed by atoms with van der Waals surface area (Å²) in [5.74, 6) is 1.11. The van der Waals surface area contributed by atoms with Crippen LogP contribution in [0.15, 0.2) is 29.4 Å². The highest BCUT2D eigenvalue weighted by molar-refractivity contribution is 6.30. The second-order valence-electron chi connectivity index (χ2n) is 7.31. The molecule has 0 spiro atoms. The molecule has 124 valence electrons. The van der Waals surface area contributed by atoms with Gasteiger partial charge in [0.05, 0.1) is 17.4 Å². The lowest BCUT2D eigenvalue weighted by Crippen LogP contribution is -2.51. The molecule has 1 aromatic carbocycles. The number of halogens is 1. The smallest absolute Gasteiger partial charge is 0.0920 e. The Morgan fingerprint density at radius 2 is 1.83 bits per heavy atom. The molecule has 1 saturated heterocycles. The number of fused-ring (bicyclic) bond motifs is 2. The molecule has 2 aliphatic carbocycles. The molecule has 2 bridgehead atoms. The minimum atomic E-state index is -0.769. The molecule has 3 aliphatic rings. The predicted molar refractivity (Wildman–Crippen MR) is 90.0 cm³/mol. The Kier molecular flexibility index (Phi) is 3.87. The van der Waals surface area contributed by atoms with E-state index in [1.54, 1.807) is 0 Å². The normalized spacial score (nSPS) is 35.0. The molecule has 5 heteroatoms. The minimum absolute atomic E-state index is 0.286. The van der Waals surface area contributed by atoms with Crippen LogP contribution in [0.3, 0.4) is 0 Å². The van der Waals surface area contributed by atoms with Gasteiger partial charge in [0, 0.05) is 24.0 Å². The van der Waals surface area contributed by atoms with Crippen LogP contribution < -0.4 is 0 Å². The molecule has 1 heterocycles. The van der Waals surface area contributed by atoms with Gasteiger partial charge in [0.25, 0.3) is 0 Å². The monoisotopic (exact) mass is 334 g/mol. The zero-order valence-corrected chi connectivity index (χ0v) is 13.9. The number of nitrogens with zero attached hydrogens (tertiary/aromatic N) is 2. The lowest BCUT2D eigenvalue weighted by atomic mass is 9.82. The van der Waals surface area contributed by atoms with Crippen LogP contribution in [0.2, 0.25) is 5.02 Å². The molecule has 3 atom stereocenters. The summed E-state index contributed by atoms with van der Waals surface area (Å²) < 4.78 is 0. The fraction of sp³-hybridized carbons (Fsp3) is 0.611. The second-order valence-corrected chi connectivity index (χ2v) is 7.75. The summed E-state index contributed by atoms with van der Waals surface area (Å²) in [7, 11) is 0. The Morgan fingerprint density at radius 1 is 1.13 bits per heavy atom. The summed E-state index contributed by atoms with van der Waals surface area (Å²) in [4.78, 5) is 2.42. The van der Waals surface area contributed by atoms with Crippen LogP contribution in [0.5, 0.6) is 0 Å². The Hall–Kier alpha value is -1.10. The van der Waals surface area contributed by atoms with Crippen LogP contribution in [0.4, 0.5) is 0 Å². The van der Waals surface area contributed by atoms with Crippen molar-refractivity contribution in [1.29, 1.82) is 0 Å². The number of hydrogen-bond donors (Lipinski definition) is 2. The summed E-state index contributed by atoms with van der Waals surface area (Å²) in [6.07, 6.45) is 5.00. The highest BCUT2D eigenvalue weighted by Gasteiger charge is 2.49. The topological polar surface area (TPSA) is 56.1 Å². The summed E-state index contributed by atoms with van der Waals surface area (Å²) in [5, 5.41) is 24.7. The molecule has 0 radical (unpaired) electrons. The Balaban J connectivity index is 1.48. The van der Waals surface area contributed by atoms with Crippen molar-refractivity contribution in [3.63, 3.8) is 0 Å². The second kappa shape index (κ2) is 5.76. The summed E-state index contributed by atoms with van der Waals surface area (Å²) >= 11 is 5.95. The van der Waals surface area contributed by atoms with Crippen molar-refractivity contribution in [2.24, 2.45) is 17.0 Å². The number of hydrogen-bond acceptors (Lipinski definition) is 4. The van der Waals surface area contributed by atoms with E-state index in [1.807, 2.05) is 24.3 Å². The number of likely N-dealkylation sites (tertiary alicyclic amines) is 1. The highest BCUT2D eigenvalue weighted by atomic mass is 35.5. The molecule has 0 amide bonds. The van der Waals surface area contributed by atoms with Crippen LogP contribution in [-0.4, -0.2) is 40.1 Å². The van der Waals surface area contributed by atoms with E-state index < -0.39 is 5.60 Å². The summed E-state index contributed by atoms with van der Waals surface area (Å²) in [5.41, 5.74) is 1.17. The van der Waals surface area contributed by atoms with Crippen molar-refractivity contribution in [2.45, 2.75) is 43.7 Å². The zero-order valence-electron chi connectivity index (χ0n) is 13.2. The van der Waals surface area contributed by atoms with Gasteiger partial charge in [0.15, 0.2) is 0 Å². The van der Waals surface area contributed by atoms with E-state index >= 15 is 0 Å². The number of rotatable bonds is 2. The van der Waals surface area contributed by atoms with E-state index in [0.29, 0.717) is 29.7 Å².